The Labute approximate surface area is 238 Å². The van der Waals surface area contributed by atoms with Crippen LogP contribution in [0.3, 0.4) is 0 Å². The van der Waals surface area contributed by atoms with Crippen LogP contribution in [0.25, 0.3) is 10.8 Å². The standard InChI is InChI=1S/C30H33ClF2N2O4S/c1-18(2)39-26-12-4-21-17-27(13-5-20(21)16-26)40(37,38)34-28(30(32,33)22-6-8-23(31)9-7-22)29(36)35-24-10-11-25(35)15-19(3)14-24/h4-9,12-13,16-19,24-25,28,34H,10-11,14-15H2,1-3H3. The molecule has 214 valence electrons. The van der Waals surface area contributed by atoms with Crippen molar-refractivity contribution in [2.24, 2.45) is 5.92 Å². The van der Waals surface area contributed by atoms with Crippen LogP contribution in [0.2, 0.25) is 5.02 Å². The number of piperidine rings is 1. The lowest BCUT2D eigenvalue weighted by Crippen LogP contribution is -2.59. The molecule has 3 unspecified atom stereocenters. The molecule has 2 bridgehead atoms. The van der Waals surface area contributed by atoms with E-state index in [1.54, 1.807) is 24.3 Å². The van der Waals surface area contributed by atoms with Gasteiger partial charge in [-0.25, -0.2) is 8.42 Å². The molecular weight excluding hydrogens is 558 g/mol. The van der Waals surface area contributed by atoms with E-state index in [4.69, 9.17) is 16.3 Å². The highest BCUT2D eigenvalue weighted by Gasteiger charge is 2.53. The van der Waals surface area contributed by atoms with E-state index in [0.29, 0.717) is 29.9 Å². The van der Waals surface area contributed by atoms with Crippen molar-refractivity contribution in [2.45, 2.75) is 81.5 Å². The summed E-state index contributed by atoms with van der Waals surface area (Å²) in [6.45, 7) is 5.89. The minimum Gasteiger partial charge on any atom is -0.491 e. The number of carbonyl (C=O) groups excluding carboxylic acids is 1. The summed E-state index contributed by atoms with van der Waals surface area (Å²) >= 11 is 5.91. The third-order valence-corrected chi connectivity index (χ3v) is 9.47. The van der Waals surface area contributed by atoms with Gasteiger partial charge in [-0.05, 0) is 92.6 Å². The number of fused-ring (bicyclic) bond motifs is 3. The van der Waals surface area contributed by atoms with Crippen molar-refractivity contribution in [1.82, 2.24) is 9.62 Å². The summed E-state index contributed by atoms with van der Waals surface area (Å²) in [4.78, 5) is 15.2. The fraction of sp³-hybridized carbons (Fsp3) is 0.433. The van der Waals surface area contributed by atoms with Crippen molar-refractivity contribution >= 4 is 38.3 Å². The molecule has 1 amide bonds. The van der Waals surface area contributed by atoms with Crippen LogP contribution < -0.4 is 9.46 Å². The number of nitrogens with zero attached hydrogens (tertiary/aromatic N) is 1. The number of benzene rings is 3. The monoisotopic (exact) mass is 590 g/mol. The molecule has 0 aromatic heterocycles. The minimum absolute atomic E-state index is 0.0311. The molecule has 6 nitrogen and oxygen atoms in total. The number of sulfonamides is 1. The van der Waals surface area contributed by atoms with E-state index < -0.39 is 33.5 Å². The number of halogens is 3. The molecule has 0 aliphatic carbocycles. The van der Waals surface area contributed by atoms with Crippen LogP contribution >= 0.6 is 11.6 Å². The Balaban J connectivity index is 1.50. The van der Waals surface area contributed by atoms with Gasteiger partial charge in [-0.15, -0.1) is 0 Å². The molecule has 5 rings (SSSR count). The van der Waals surface area contributed by atoms with E-state index in [-0.39, 0.29) is 28.1 Å². The van der Waals surface area contributed by atoms with Gasteiger partial charge in [0.05, 0.1) is 11.0 Å². The number of hydrogen-bond donors (Lipinski definition) is 1. The minimum atomic E-state index is -4.52. The van der Waals surface area contributed by atoms with Crippen LogP contribution in [0.1, 0.15) is 52.0 Å². The van der Waals surface area contributed by atoms with Crippen LogP contribution in [0.5, 0.6) is 5.75 Å². The summed E-state index contributed by atoms with van der Waals surface area (Å²) in [5.74, 6) is -3.73. The Morgan fingerprint density at radius 3 is 2.23 bits per heavy atom. The van der Waals surface area contributed by atoms with Crippen molar-refractivity contribution in [3.63, 3.8) is 0 Å². The maximum absolute atomic E-state index is 16.1. The first kappa shape index (κ1) is 28.8. The molecule has 0 saturated carbocycles. The third kappa shape index (κ3) is 5.69. The van der Waals surface area contributed by atoms with Gasteiger partial charge in [0.2, 0.25) is 15.9 Å². The predicted octanol–water partition coefficient (Wildman–Crippen LogP) is 6.51. The zero-order valence-corrected chi connectivity index (χ0v) is 24.2. The molecule has 2 aliphatic rings. The number of amides is 1. The van der Waals surface area contributed by atoms with Crippen LogP contribution in [0.15, 0.2) is 65.6 Å². The van der Waals surface area contributed by atoms with Crippen LogP contribution in [0, 0.1) is 5.92 Å². The summed E-state index contributed by atoms with van der Waals surface area (Å²) < 4.78 is 67.2. The van der Waals surface area contributed by atoms with Gasteiger partial charge >= 0.3 is 0 Å². The van der Waals surface area contributed by atoms with Crippen molar-refractivity contribution in [3.05, 3.63) is 71.2 Å². The lowest BCUT2D eigenvalue weighted by atomic mass is 9.91. The van der Waals surface area contributed by atoms with Gasteiger partial charge in [0, 0.05) is 22.7 Å². The molecule has 3 atom stereocenters. The molecule has 40 heavy (non-hydrogen) atoms. The van der Waals surface area contributed by atoms with E-state index in [1.165, 1.54) is 29.2 Å². The first-order valence-electron chi connectivity index (χ1n) is 13.5. The number of rotatable bonds is 8. The van der Waals surface area contributed by atoms with E-state index >= 15 is 8.78 Å². The topological polar surface area (TPSA) is 75.7 Å². The highest BCUT2D eigenvalue weighted by molar-refractivity contribution is 7.89. The van der Waals surface area contributed by atoms with E-state index in [1.807, 2.05) is 13.8 Å². The van der Waals surface area contributed by atoms with E-state index in [2.05, 4.69) is 11.6 Å². The Kier molecular flexibility index (Phi) is 7.85. The Morgan fingerprint density at radius 2 is 1.60 bits per heavy atom. The number of ether oxygens (including phenoxy) is 1. The summed E-state index contributed by atoms with van der Waals surface area (Å²) in [6.07, 6.45) is 2.83. The van der Waals surface area contributed by atoms with E-state index in [9.17, 15) is 13.2 Å². The second kappa shape index (κ2) is 10.9. The first-order chi connectivity index (χ1) is 18.8. The fourth-order valence-electron chi connectivity index (χ4n) is 6.01. The number of alkyl halides is 2. The fourth-order valence-corrected chi connectivity index (χ4v) is 7.36. The number of nitrogens with one attached hydrogen (secondary N) is 1. The number of hydrogen-bond acceptors (Lipinski definition) is 4. The maximum atomic E-state index is 16.1. The molecule has 2 heterocycles. The highest BCUT2D eigenvalue weighted by Crippen LogP contribution is 2.42. The predicted molar refractivity (Wildman–Crippen MR) is 151 cm³/mol. The average Bonchev–Trinajstić information content (AvgIpc) is 3.17. The van der Waals surface area contributed by atoms with Crippen LogP contribution in [-0.2, 0) is 20.7 Å². The zero-order valence-electron chi connectivity index (χ0n) is 22.6. The normalized spacial score (nSPS) is 22.1. The van der Waals surface area contributed by atoms with Crippen molar-refractivity contribution in [1.29, 1.82) is 0 Å². The Hall–Kier alpha value is -2.75. The maximum Gasteiger partial charge on any atom is 0.298 e. The van der Waals surface area contributed by atoms with Gasteiger partial charge in [-0.2, -0.15) is 13.5 Å². The average molecular weight is 591 g/mol. The van der Waals surface area contributed by atoms with Crippen molar-refractivity contribution in [2.75, 3.05) is 0 Å². The van der Waals surface area contributed by atoms with Crippen LogP contribution in [0.4, 0.5) is 8.78 Å². The third-order valence-electron chi connectivity index (χ3n) is 7.80. The second-order valence-corrected chi connectivity index (χ2v) is 13.4. The van der Waals surface area contributed by atoms with Gasteiger partial charge in [-0.1, -0.05) is 42.8 Å². The van der Waals surface area contributed by atoms with Gasteiger partial charge in [0.25, 0.3) is 5.92 Å². The summed E-state index contributed by atoms with van der Waals surface area (Å²) in [5, 5.41) is 1.58. The van der Waals surface area contributed by atoms with Gasteiger partial charge in [0.1, 0.15) is 5.75 Å². The molecule has 3 aromatic rings. The molecule has 1 N–H and O–H groups in total. The Bertz CT molecular complexity index is 1500. The van der Waals surface area contributed by atoms with Crippen molar-refractivity contribution < 1.29 is 26.7 Å². The highest BCUT2D eigenvalue weighted by atomic mass is 35.5. The number of carbonyl (C=O) groups is 1. The molecule has 3 aromatic carbocycles. The summed E-state index contributed by atoms with van der Waals surface area (Å²) in [7, 11) is -4.52. The molecule has 2 saturated heterocycles. The van der Waals surface area contributed by atoms with Crippen LogP contribution in [-0.4, -0.2) is 43.5 Å². The smallest absolute Gasteiger partial charge is 0.298 e. The second-order valence-electron chi connectivity index (χ2n) is 11.2. The van der Waals surface area contributed by atoms with E-state index in [0.717, 1.165) is 30.4 Å². The molecule has 0 radical (unpaired) electrons. The first-order valence-corrected chi connectivity index (χ1v) is 15.4. The quantitative estimate of drug-likeness (QED) is 0.325. The van der Waals surface area contributed by atoms with Gasteiger partial charge in [0.15, 0.2) is 6.04 Å². The lowest BCUT2D eigenvalue weighted by Gasteiger charge is -2.41. The molecule has 2 aliphatic heterocycles. The van der Waals surface area contributed by atoms with Crippen molar-refractivity contribution in [3.8, 4) is 5.75 Å². The summed E-state index contributed by atoms with van der Waals surface area (Å²) in [5.41, 5.74) is -0.494. The zero-order chi connectivity index (χ0) is 28.8. The van der Waals surface area contributed by atoms with Gasteiger partial charge in [-0.3, -0.25) is 4.79 Å². The van der Waals surface area contributed by atoms with Gasteiger partial charge < -0.3 is 9.64 Å². The Morgan fingerprint density at radius 1 is 1.00 bits per heavy atom. The largest absolute Gasteiger partial charge is 0.491 e. The summed E-state index contributed by atoms with van der Waals surface area (Å²) in [6, 6.07) is 11.7. The SMILES string of the molecule is CC1CC2CCC(C1)N2C(=O)C(NS(=O)(=O)c1ccc2cc(OC(C)C)ccc2c1)C(F)(F)c1ccc(Cl)cc1. The molecule has 10 heteroatoms. The molecular formula is C30H33ClF2N2O4S. The molecule has 0 spiro atoms. The lowest BCUT2D eigenvalue weighted by molar-refractivity contribution is -0.149. The molecule has 2 fully saturated rings.